The molecule has 29 heavy (non-hydrogen) atoms. The van der Waals surface area contributed by atoms with Crippen molar-refractivity contribution in [1.29, 1.82) is 5.26 Å². The van der Waals surface area contributed by atoms with Crippen LogP contribution in [0.2, 0.25) is 0 Å². The third-order valence-corrected chi connectivity index (χ3v) is 4.79. The first-order valence-electron chi connectivity index (χ1n) is 9.54. The number of carbonyl (C=O) groups is 2. The molecule has 3 rings (SSSR count). The lowest BCUT2D eigenvalue weighted by atomic mass is 10.1. The molecule has 1 saturated heterocycles. The highest BCUT2D eigenvalue weighted by atomic mass is 16.5. The topological polar surface area (TPSA) is 99.7 Å². The Kier molecular flexibility index (Phi) is 6.03. The average molecular weight is 392 g/mol. The van der Waals surface area contributed by atoms with Crippen molar-refractivity contribution < 1.29 is 14.3 Å². The number of primary amides is 1. The van der Waals surface area contributed by atoms with E-state index in [2.05, 4.69) is 11.0 Å². The van der Waals surface area contributed by atoms with Gasteiger partial charge in [-0.3, -0.25) is 9.59 Å². The summed E-state index contributed by atoms with van der Waals surface area (Å²) in [5, 5.41) is 8.93. The zero-order valence-corrected chi connectivity index (χ0v) is 16.6. The third-order valence-electron chi connectivity index (χ3n) is 4.79. The van der Waals surface area contributed by atoms with Gasteiger partial charge < -0.3 is 20.3 Å². The van der Waals surface area contributed by atoms with E-state index in [1.165, 1.54) is 6.07 Å². The van der Waals surface area contributed by atoms with Crippen molar-refractivity contribution in [3.63, 3.8) is 0 Å². The lowest BCUT2D eigenvalue weighted by molar-refractivity contribution is 0.0740. The standard InChI is InChI=1S/C22H24N4O3/c1-15(2)29-20-8-5-17(21(24)27)13-19(20)22(28)26-11-9-25(10-12-26)18-6-3-16(14-23)4-7-18/h3-8,13,15H,9-12H2,1-2H3,(H2,24,27). The van der Waals surface area contributed by atoms with Crippen LogP contribution >= 0.6 is 0 Å². The van der Waals surface area contributed by atoms with Crippen molar-refractivity contribution in [2.24, 2.45) is 5.73 Å². The van der Waals surface area contributed by atoms with Crippen molar-refractivity contribution in [2.45, 2.75) is 20.0 Å². The molecule has 0 spiro atoms. The van der Waals surface area contributed by atoms with Gasteiger partial charge in [-0.1, -0.05) is 0 Å². The van der Waals surface area contributed by atoms with Crippen LogP contribution in [0, 0.1) is 11.3 Å². The average Bonchev–Trinajstić information content (AvgIpc) is 2.73. The molecule has 7 nitrogen and oxygen atoms in total. The zero-order chi connectivity index (χ0) is 21.0. The summed E-state index contributed by atoms with van der Waals surface area (Å²) in [4.78, 5) is 28.6. The fraction of sp³-hybridized carbons (Fsp3) is 0.318. The number of nitrogens with two attached hydrogens (primary N) is 1. The minimum Gasteiger partial charge on any atom is -0.490 e. The number of nitriles is 1. The van der Waals surface area contributed by atoms with Crippen LogP contribution in [0.15, 0.2) is 42.5 Å². The molecule has 1 aliphatic heterocycles. The number of hydrogen-bond acceptors (Lipinski definition) is 5. The maximum Gasteiger partial charge on any atom is 0.257 e. The number of amides is 2. The van der Waals surface area contributed by atoms with Crippen LogP contribution < -0.4 is 15.4 Å². The van der Waals surface area contributed by atoms with E-state index >= 15 is 0 Å². The van der Waals surface area contributed by atoms with Crippen LogP contribution in [0.1, 0.15) is 40.1 Å². The molecule has 0 saturated carbocycles. The summed E-state index contributed by atoms with van der Waals surface area (Å²) in [5.74, 6) is -0.312. The summed E-state index contributed by atoms with van der Waals surface area (Å²) >= 11 is 0. The second kappa shape index (κ2) is 8.65. The van der Waals surface area contributed by atoms with E-state index in [9.17, 15) is 9.59 Å². The number of piperazine rings is 1. The molecule has 2 N–H and O–H groups in total. The lowest BCUT2D eigenvalue weighted by Crippen LogP contribution is -2.49. The molecule has 1 aliphatic rings. The molecule has 2 aromatic carbocycles. The zero-order valence-electron chi connectivity index (χ0n) is 16.6. The molecule has 7 heteroatoms. The number of benzene rings is 2. The van der Waals surface area contributed by atoms with Crippen LogP contribution in [0.3, 0.4) is 0 Å². The molecular formula is C22H24N4O3. The number of nitrogens with zero attached hydrogens (tertiary/aromatic N) is 3. The Balaban J connectivity index is 1.75. The van der Waals surface area contributed by atoms with Gasteiger partial charge in [0.25, 0.3) is 5.91 Å². The predicted octanol–water partition coefficient (Wildman–Crippen LogP) is 2.41. The van der Waals surface area contributed by atoms with Gasteiger partial charge in [-0.25, -0.2) is 0 Å². The Labute approximate surface area is 170 Å². The molecular weight excluding hydrogens is 368 g/mol. The van der Waals surface area contributed by atoms with E-state index < -0.39 is 5.91 Å². The highest BCUT2D eigenvalue weighted by molar-refractivity contribution is 6.01. The van der Waals surface area contributed by atoms with E-state index in [0.717, 1.165) is 5.69 Å². The summed E-state index contributed by atoms with van der Waals surface area (Å²) in [7, 11) is 0. The van der Waals surface area contributed by atoms with Crippen molar-refractivity contribution in [2.75, 3.05) is 31.1 Å². The minimum absolute atomic E-state index is 0.103. The first-order chi connectivity index (χ1) is 13.9. The molecule has 1 fully saturated rings. The third kappa shape index (κ3) is 4.66. The number of hydrogen-bond donors (Lipinski definition) is 1. The van der Waals surface area contributed by atoms with E-state index in [4.69, 9.17) is 15.7 Å². The van der Waals surface area contributed by atoms with E-state index in [0.29, 0.717) is 43.1 Å². The van der Waals surface area contributed by atoms with Crippen LogP contribution in [-0.4, -0.2) is 49.0 Å². The highest BCUT2D eigenvalue weighted by Gasteiger charge is 2.25. The first kappa shape index (κ1) is 20.2. The molecule has 150 valence electrons. The van der Waals surface area contributed by atoms with E-state index in [1.807, 2.05) is 26.0 Å². The van der Waals surface area contributed by atoms with Gasteiger partial charge in [0.05, 0.1) is 23.3 Å². The van der Waals surface area contributed by atoms with Crippen molar-refractivity contribution in [3.05, 3.63) is 59.2 Å². The van der Waals surface area contributed by atoms with Gasteiger partial charge in [0.2, 0.25) is 5.91 Å². The Morgan fingerprint density at radius 2 is 1.72 bits per heavy atom. The molecule has 0 atom stereocenters. The second-order valence-corrected chi connectivity index (χ2v) is 7.18. The monoisotopic (exact) mass is 392 g/mol. The van der Waals surface area contributed by atoms with Gasteiger partial charge in [0, 0.05) is 37.4 Å². The maximum atomic E-state index is 13.1. The van der Waals surface area contributed by atoms with Gasteiger partial charge in [-0.15, -0.1) is 0 Å². The normalized spacial score (nSPS) is 13.9. The molecule has 0 bridgehead atoms. The predicted molar refractivity (Wildman–Crippen MR) is 110 cm³/mol. The number of rotatable bonds is 5. The summed E-state index contributed by atoms with van der Waals surface area (Å²) in [6.07, 6.45) is -0.103. The van der Waals surface area contributed by atoms with Gasteiger partial charge in [-0.05, 0) is 56.3 Å². The summed E-state index contributed by atoms with van der Waals surface area (Å²) in [5.41, 5.74) is 7.66. The molecule has 0 unspecified atom stereocenters. The number of anilines is 1. The van der Waals surface area contributed by atoms with Gasteiger partial charge in [0.15, 0.2) is 0 Å². The van der Waals surface area contributed by atoms with Gasteiger partial charge in [0.1, 0.15) is 5.75 Å². The Hall–Kier alpha value is -3.53. The lowest BCUT2D eigenvalue weighted by Gasteiger charge is -2.36. The largest absolute Gasteiger partial charge is 0.490 e. The van der Waals surface area contributed by atoms with Crippen LogP contribution in [0.25, 0.3) is 0 Å². The Morgan fingerprint density at radius 1 is 1.07 bits per heavy atom. The van der Waals surface area contributed by atoms with Crippen LogP contribution in [0.5, 0.6) is 5.75 Å². The Morgan fingerprint density at radius 3 is 2.28 bits per heavy atom. The number of ether oxygens (including phenoxy) is 1. The highest BCUT2D eigenvalue weighted by Crippen LogP contribution is 2.25. The van der Waals surface area contributed by atoms with E-state index in [-0.39, 0.29) is 17.6 Å². The molecule has 0 aliphatic carbocycles. The molecule has 0 radical (unpaired) electrons. The first-order valence-corrected chi connectivity index (χ1v) is 9.54. The maximum absolute atomic E-state index is 13.1. The van der Waals surface area contributed by atoms with Crippen molar-refractivity contribution in [3.8, 4) is 11.8 Å². The summed E-state index contributed by atoms with van der Waals surface area (Å²) in [6, 6.07) is 14.2. The fourth-order valence-corrected chi connectivity index (χ4v) is 3.29. The SMILES string of the molecule is CC(C)Oc1ccc(C(N)=O)cc1C(=O)N1CCN(c2ccc(C#N)cc2)CC1. The Bertz CT molecular complexity index is 940. The smallest absolute Gasteiger partial charge is 0.257 e. The van der Waals surface area contributed by atoms with Gasteiger partial charge in [-0.2, -0.15) is 5.26 Å². The molecule has 2 amide bonds. The van der Waals surface area contributed by atoms with Gasteiger partial charge >= 0.3 is 0 Å². The summed E-state index contributed by atoms with van der Waals surface area (Å²) in [6.45, 7) is 6.20. The summed E-state index contributed by atoms with van der Waals surface area (Å²) < 4.78 is 5.77. The molecule has 2 aromatic rings. The van der Waals surface area contributed by atoms with Crippen LogP contribution in [0.4, 0.5) is 5.69 Å². The van der Waals surface area contributed by atoms with Crippen LogP contribution in [-0.2, 0) is 0 Å². The quantitative estimate of drug-likeness (QED) is 0.842. The fourth-order valence-electron chi connectivity index (χ4n) is 3.29. The van der Waals surface area contributed by atoms with Crippen molar-refractivity contribution in [1.82, 2.24) is 4.90 Å². The molecule has 0 aromatic heterocycles. The van der Waals surface area contributed by atoms with E-state index in [1.54, 1.807) is 29.2 Å². The van der Waals surface area contributed by atoms with Crippen molar-refractivity contribution >= 4 is 17.5 Å². The molecule has 1 heterocycles. The number of carbonyl (C=O) groups excluding carboxylic acids is 2. The minimum atomic E-state index is -0.583. The second-order valence-electron chi connectivity index (χ2n) is 7.18.